The first-order valence-corrected chi connectivity index (χ1v) is 8.08. The molecule has 0 fully saturated rings. The highest BCUT2D eigenvalue weighted by Gasteiger charge is 2.15. The Morgan fingerprint density at radius 2 is 1.50 bits per heavy atom. The molecule has 0 aliphatic heterocycles. The van der Waals surface area contributed by atoms with Crippen LogP contribution >= 0.6 is 0 Å². The first-order valence-electron chi connectivity index (χ1n) is 8.08. The van der Waals surface area contributed by atoms with Crippen molar-refractivity contribution >= 4 is 0 Å². The predicted molar refractivity (Wildman–Crippen MR) is 84.0 cm³/mol. The third-order valence-electron chi connectivity index (χ3n) is 4.61. The van der Waals surface area contributed by atoms with Crippen LogP contribution in [-0.2, 0) is 0 Å². The van der Waals surface area contributed by atoms with E-state index in [0.29, 0.717) is 0 Å². The Kier molecular flexibility index (Phi) is 9.81. The summed E-state index contributed by atoms with van der Waals surface area (Å²) in [7, 11) is 2.29. The molecule has 0 aromatic heterocycles. The molecule has 0 aromatic carbocycles. The average molecular weight is 255 g/mol. The van der Waals surface area contributed by atoms with Gasteiger partial charge in [0.15, 0.2) is 0 Å². The van der Waals surface area contributed by atoms with Gasteiger partial charge in [-0.3, -0.25) is 0 Å². The van der Waals surface area contributed by atoms with Gasteiger partial charge in [0, 0.05) is 6.04 Å². The van der Waals surface area contributed by atoms with Crippen LogP contribution in [-0.4, -0.2) is 24.5 Å². The minimum absolute atomic E-state index is 0.723. The molecule has 0 aliphatic carbocycles. The molecule has 0 heterocycles. The van der Waals surface area contributed by atoms with Gasteiger partial charge in [-0.25, -0.2) is 0 Å². The van der Waals surface area contributed by atoms with Gasteiger partial charge in [0.2, 0.25) is 0 Å². The first-order chi connectivity index (χ1) is 8.38. The van der Waals surface area contributed by atoms with Crippen molar-refractivity contribution in [3.63, 3.8) is 0 Å². The van der Waals surface area contributed by atoms with Gasteiger partial charge in [0.05, 0.1) is 0 Å². The summed E-state index contributed by atoms with van der Waals surface area (Å²) in [4.78, 5) is 2.54. The van der Waals surface area contributed by atoms with E-state index >= 15 is 0 Å². The van der Waals surface area contributed by atoms with Gasteiger partial charge < -0.3 is 4.90 Å². The fourth-order valence-electron chi connectivity index (χ4n) is 2.43. The Labute approximate surface area is 116 Å². The minimum atomic E-state index is 0.723. The van der Waals surface area contributed by atoms with E-state index in [-0.39, 0.29) is 0 Å². The number of nitrogens with zero attached hydrogens (tertiary/aromatic N) is 1. The highest BCUT2D eigenvalue weighted by molar-refractivity contribution is 4.69. The molecule has 0 bridgehead atoms. The van der Waals surface area contributed by atoms with Gasteiger partial charge in [0.1, 0.15) is 0 Å². The van der Waals surface area contributed by atoms with Crippen LogP contribution in [0.15, 0.2) is 0 Å². The van der Waals surface area contributed by atoms with Gasteiger partial charge >= 0.3 is 0 Å². The monoisotopic (exact) mass is 255 g/mol. The molecule has 0 aromatic rings. The van der Waals surface area contributed by atoms with Crippen molar-refractivity contribution in [3.8, 4) is 0 Å². The number of rotatable bonds is 10. The highest BCUT2D eigenvalue weighted by Crippen LogP contribution is 2.18. The van der Waals surface area contributed by atoms with Crippen LogP contribution in [0.5, 0.6) is 0 Å². The normalized spacial score (nSPS) is 17.2. The van der Waals surface area contributed by atoms with Crippen LogP contribution < -0.4 is 0 Å². The lowest BCUT2D eigenvalue weighted by molar-refractivity contribution is 0.189. The van der Waals surface area contributed by atoms with Crippen LogP contribution in [0.4, 0.5) is 0 Å². The lowest BCUT2D eigenvalue weighted by Crippen LogP contribution is -2.35. The first kappa shape index (κ1) is 18.0. The molecule has 0 rings (SSSR count). The van der Waals surface area contributed by atoms with E-state index in [1.807, 2.05) is 0 Å². The molecule has 0 N–H and O–H groups in total. The van der Waals surface area contributed by atoms with E-state index in [2.05, 4.69) is 53.5 Å². The maximum absolute atomic E-state index is 2.54. The fourth-order valence-corrected chi connectivity index (χ4v) is 2.43. The van der Waals surface area contributed by atoms with Gasteiger partial charge in [0.25, 0.3) is 0 Å². The fraction of sp³-hybridized carbons (Fsp3) is 1.00. The second-order valence-electron chi connectivity index (χ2n) is 6.83. The standard InChI is InChI=1S/C17H37N/c1-8-16(5)17(6)18(7)13-9-10-15(4)12-11-14(2)3/h14-17H,8-13H2,1-7H3. The van der Waals surface area contributed by atoms with Gasteiger partial charge in [-0.2, -0.15) is 0 Å². The predicted octanol–water partition coefficient (Wildman–Crippen LogP) is 5.21. The van der Waals surface area contributed by atoms with Crippen molar-refractivity contribution in [2.45, 2.75) is 79.7 Å². The van der Waals surface area contributed by atoms with Crippen molar-refractivity contribution in [1.29, 1.82) is 0 Å². The van der Waals surface area contributed by atoms with Crippen molar-refractivity contribution in [2.75, 3.05) is 13.6 Å². The Morgan fingerprint density at radius 1 is 0.889 bits per heavy atom. The third-order valence-corrected chi connectivity index (χ3v) is 4.61. The minimum Gasteiger partial charge on any atom is -0.303 e. The van der Waals surface area contributed by atoms with Crippen molar-refractivity contribution < 1.29 is 0 Å². The van der Waals surface area contributed by atoms with Crippen LogP contribution in [0.2, 0.25) is 0 Å². The van der Waals surface area contributed by atoms with Gasteiger partial charge in [-0.1, -0.05) is 53.9 Å². The zero-order valence-corrected chi connectivity index (χ0v) is 14.0. The second-order valence-corrected chi connectivity index (χ2v) is 6.83. The maximum Gasteiger partial charge on any atom is 0.00894 e. The number of hydrogen-bond donors (Lipinski definition) is 0. The summed E-state index contributed by atoms with van der Waals surface area (Å²) in [6, 6.07) is 0.723. The smallest absolute Gasteiger partial charge is 0.00894 e. The molecule has 18 heavy (non-hydrogen) atoms. The van der Waals surface area contributed by atoms with E-state index in [1.165, 1.54) is 38.6 Å². The topological polar surface area (TPSA) is 3.24 Å². The summed E-state index contributed by atoms with van der Waals surface area (Å²) >= 11 is 0. The largest absolute Gasteiger partial charge is 0.303 e. The molecule has 0 radical (unpaired) electrons. The zero-order chi connectivity index (χ0) is 14.1. The van der Waals surface area contributed by atoms with Gasteiger partial charge in [-0.15, -0.1) is 0 Å². The Morgan fingerprint density at radius 3 is 2.00 bits per heavy atom. The molecule has 0 spiro atoms. The molecule has 3 unspecified atom stereocenters. The summed E-state index contributed by atoms with van der Waals surface area (Å²) in [5.41, 5.74) is 0. The summed E-state index contributed by atoms with van der Waals surface area (Å²) in [5, 5.41) is 0. The van der Waals surface area contributed by atoms with E-state index in [9.17, 15) is 0 Å². The summed E-state index contributed by atoms with van der Waals surface area (Å²) in [5.74, 6) is 2.58. The molecule has 0 amide bonds. The highest BCUT2D eigenvalue weighted by atomic mass is 15.1. The molecular formula is C17H37N. The Balaban J connectivity index is 3.70. The summed E-state index contributed by atoms with van der Waals surface area (Å²) in [6.45, 7) is 15.4. The Hall–Kier alpha value is -0.0400. The molecule has 1 nitrogen and oxygen atoms in total. The van der Waals surface area contributed by atoms with Crippen molar-refractivity contribution in [3.05, 3.63) is 0 Å². The molecular weight excluding hydrogens is 218 g/mol. The molecule has 0 aliphatic rings. The van der Waals surface area contributed by atoms with E-state index in [4.69, 9.17) is 0 Å². The summed E-state index contributed by atoms with van der Waals surface area (Å²) in [6.07, 6.45) is 6.83. The zero-order valence-electron chi connectivity index (χ0n) is 14.0. The summed E-state index contributed by atoms with van der Waals surface area (Å²) < 4.78 is 0. The van der Waals surface area contributed by atoms with E-state index in [0.717, 1.165) is 23.8 Å². The van der Waals surface area contributed by atoms with Crippen molar-refractivity contribution in [1.82, 2.24) is 4.90 Å². The number of hydrogen-bond acceptors (Lipinski definition) is 1. The van der Waals surface area contributed by atoms with Gasteiger partial charge in [-0.05, 0) is 51.1 Å². The maximum atomic E-state index is 2.54. The van der Waals surface area contributed by atoms with E-state index in [1.54, 1.807) is 0 Å². The lowest BCUT2D eigenvalue weighted by atomic mass is 9.95. The second kappa shape index (κ2) is 9.83. The van der Waals surface area contributed by atoms with Crippen LogP contribution in [0.25, 0.3) is 0 Å². The average Bonchev–Trinajstić information content (AvgIpc) is 2.34. The van der Waals surface area contributed by atoms with E-state index < -0.39 is 0 Å². The van der Waals surface area contributed by atoms with Crippen molar-refractivity contribution in [2.24, 2.45) is 17.8 Å². The molecule has 110 valence electrons. The quantitative estimate of drug-likeness (QED) is 0.518. The SMILES string of the molecule is CCC(C)C(C)N(C)CCCC(C)CCC(C)C. The Bertz CT molecular complexity index is 188. The molecule has 3 atom stereocenters. The molecule has 0 saturated carbocycles. The molecule has 0 saturated heterocycles. The molecule has 1 heteroatoms. The van der Waals surface area contributed by atoms with Crippen LogP contribution in [0, 0.1) is 17.8 Å². The van der Waals surface area contributed by atoms with Crippen LogP contribution in [0.3, 0.4) is 0 Å². The lowest BCUT2D eigenvalue weighted by Gasteiger charge is -2.29. The van der Waals surface area contributed by atoms with Crippen LogP contribution in [0.1, 0.15) is 73.6 Å². The third kappa shape index (κ3) is 8.13.